The van der Waals surface area contributed by atoms with Crippen molar-refractivity contribution in [1.29, 1.82) is 0 Å². The predicted octanol–water partition coefficient (Wildman–Crippen LogP) is 3.61. The molecule has 0 aliphatic carbocycles. The van der Waals surface area contributed by atoms with Gasteiger partial charge in [-0.15, -0.1) is 22.9 Å². The lowest BCUT2D eigenvalue weighted by atomic mass is 10.1. The maximum absolute atomic E-state index is 6.36. The zero-order valence-electron chi connectivity index (χ0n) is 8.75. The standard InChI is InChI=1S/C11H13ClN2S/c1-7-8(2)15-6-9(7)10(12)5-11-13-3-4-14-11/h3-4,6,10H,5H2,1-2H3,(H,13,14). The first-order valence-electron chi connectivity index (χ1n) is 4.85. The van der Waals surface area contributed by atoms with Crippen LogP contribution in [0.2, 0.25) is 0 Å². The maximum atomic E-state index is 6.36. The van der Waals surface area contributed by atoms with E-state index in [0.29, 0.717) is 0 Å². The average molecular weight is 241 g/mol. The summed E-state index contributed by atoms with van der Waals surface area (Å²) in [6, 6.07) is 0. The van der Waals surface area contributed by atoms with Crippen molar-refractivity contribution in [2.75, 3.05) is 0 Å². The van der Waals surface area contributed by atoms with Gasteiger partial charge in [0.05, 0.1) is 5.38 Å². The molecule has 0 bridgehead atoms. The molecule has 2 nitrogen and oxygen atoms in total. The highest BCUT2D eigenvalue weighted by molar-refractivity contribution is 7.10. The number of aromatic amines is 1. The highest BCUT2D eigenvalue weighted by Gasteiger charge is 2.15. The van der Waals surface area contributed by atoms with Crippen molar-refractivity contribution in [2.45, 2.75) is 25.6 Å². The second kappa shape index (κ2) is 4.37. The van der Waals surface area contributed by atoms with Crippen molar-refractivity contribution in [1.82, 2.24) is 9.97 Å². The topological polar surface area (TPSA) is 28.7 Å². The lowest BCUT2D eigenvalue weighted by Crippen LogP contribution is -1.98. The number of aryl methyl sites for hydroxylation is 1. The molecule has 0 amide bonds. The first kappa shape index (κ1) is 10.7. The number of thiophene rings is 1. The van der Waals surface area contributed by atoms with E-state index in [4.69, 9.17) is 11.6 Å². The van der Waals surface area contributed by atoms with Crippen molar-refractivity contribution in [3.05, 3.63) is 39.6 Å². The Morgan fingerprint density at radius 1 is 1.53 bits per heavy atom. The third kappa shape index (κ3) is 2.24. The highest BCUT2D eigenvalue weighted by Crippen LogP contribution is 2.31. The molecule has 4 heteroatoms. The summed E-state index contributed by atoms with van der Waals surface area (Å²) in [5.41, 5.74) is 2.54. The third-order valence-corrected chi connectivity index (χ3v) is 4.01. The van der Waals surface area contributed by atoms with Gasteiger partial charge in [0.25, 0.3) is 0 Å². The minimum absolute atomic E-state index is 0.0149. The van der Waals surface area contributed by atoms with Crippen molar-refractivity contribution >= 4 is 22.9 Å². The summed E-state index contributed by atoms with van der Waals surface area (Å²) in [4.78, 5) is 8.60. The fourth-order valence-corrected chi connectivity index (χ4v) is 2.92. The minimum atomic E-state index is 0.0149. The van der Waals surface area contributed by atoms with E-state index in [-0.39, 0.29) is 5.38 Å². The Labute approximate surface area is 98.3 Å². The molecule has 1 atom stereocenters. The summed E-state index contributed by atoms with van der Waals surface area (Å²) in [5, 5.41) is 2.16. The van der Waals surface area contributed by atoms with E-state index in [1.54, 1.807) is 17.5 Å². The number of alkyl halides is 1. The van der Waals surface area contributed by atoms with Crippen LogP contribution in [0, 0.1) is 13.8 Å². The van der Waals surface area contributed by atoms with Gasteiger partial charge in [-0.1, -0.05) is 0 Å². The van der Waals surface area contributed by atoms with Crippen LogP contribution in [0.1, 0.15) is 27.2 Å². The number of halogens is 1. The van der Waals surface area contributed by atoms with Crippen LogP contribution in [0.15, 0.2) is 17.8 Å². The van der Waals surface area contributed by atoms with Gasteiger partial charge >= 0.3 is 0 Å². The molecule has 2 aromatic rings. The molecule has 2 heterocycles. The molecule has 0 aliphatic rings. The minimum Gasteiger partial charge on any atom is -0.349 e. The molecule has 1 N–H and O–H groups in total. The van der Waals surface area contributed by atoms with Crippen LogP contribution in [0.5, 0.6) is 0 Å². The molecule has 0 aromatic carbocycles. The van der Waals surface area contributed by atoms with Crippen LogP contribution in [0.25, 0.3) is 0 Å². The first-order chi connectivity index (χ1) is 7.18. The van der Waals surface area contributed by atoms with Gasteiger partial charge in [-0.05, 0) is 30.4 Å². The number of hydrogen-bond acceptors (Lipinski definition) is 2. The zero-order valence-corrected chi connectivity index (χ0v) is 10.3. The summed E-state index contributed by atoms with van der Waals surface area (Å²) in [5.74, 6) is 0.943. The predicted molar refractivity (Wildman–Crippen MR) is 64.7 cm³/mol. The summed E-state index contributed by atoms with van der Waals surface area (Å²) in [7, 11) is 0. The van der Waals surface area contributed by atoms with Crippen molar-refractivity contribution < 1.29 is 0 Å². The molecular formula is C11H13ClN2S. The number of nitrogens with one attached hydrogen (secondary N) is 1. The molecular weight excluding hydrogens is 228 g/mol. The van der Waals surface area contributed by atoms with E-state index in [2.05, 4.69) is 29.2 Å². The third-order valence-electron chi connectivity index (χ3n) is 2.59. The SMILES string of the molecule is Cc1scc(C(Cl)Cc2ncc[nH]2)c1C. The van der Waals surface area contributed by atoms with E-state index < -0.39 is 0 Å². The Hall–Kier alpha value is -0.800. The lowest BCUT2D eigenvalue weighted by Gasteiger charge is -2.07. The van der Waals surface area contributed by atoms with Crippen LogP contribution in [0.4, 0.5) is 0 Å². The van der Waals surface area contributed by atoms with E-state index in [1.807, 2.05) is 6.20 Å². The van der Waals surface area contributed by atoms with Crippen molar-refractivity contribution in [3.8, 4) is 0 Å². The molecule has 2 rings (SSSR count). The Balaban J connectivity index is 2.14. The summed E-state index contributed by atoms with van der Waals surface area (Å²) in [6.07, 6.45) is 4.33. The molecule has 0 aliphatic heterocycles. The van der Waals surface area contributed by atoms with Gasteiger partial charge in [0.2, 0.25) is 0 Å². The Bertz CT molecular complexity index is 433. The van der Waals surface area contributed by atoms with Crippen molar-refractivity contribution in [3.63, 3.8) is 0 Å². The second-order valence-corrected chi connectivity index (χ2v) is 5.19. The van der Waals surface area contributed by atoms with E-state index >= 15 is 0 Å². The molecule has 2 aromatic heterocycles. The quantitative estimate of drug-likeness (QED) is 0.816. The van der Waals surface area contributed by atoms with Crippen LogP contribution in [-0.2, 0) is 6.42 Å². The molecule has 1 unspecified atom stereocenters. The Kier molecular flexibility index (Phi) is 3.12. The van der Waals surface area contributed by atoms with Crippen LogP contribution in [0.3, 0.4) is 0 Å². The van der Waals surface area contributed by atoms with E-state index in [0.717, 1.165) is 12.2 Å². The Morgan fingerprint density at radius 2 is 2.33 bits per heavy atom. The van der Waals surface area contributed by atoms with Gasteiger partial charge in [-0.2, -0.15) is 0 Å². The van der Waals surface area contributed by atoms with Gasteiger partial charge in [0, 0.05) is 23.7 Å². The average Bonchev–Trinajstić information content (AvgIpc) is 2.79. The van der Waals surface area contributed by atoms with Gasteiger partial charge in [0.1, 0.15) is 5.82 Å². The molecule has 80 valence electrons. The van der Waals surface area contributed by atoms with Gasteiger partial charge in [-0.3, -0.25) is 0 Å². The van der Waals surface area contributed by atoms with Crippen LogP contribution >= 0.6 is 22.9 Å². The van der Waals surface area contributed by atoms with E-state index in [9.17, 15) is 0 Å². The molecule has 0 fully saturated rings. The maximum Gasteiger partial charge on any atom is 0.107 e. The highest BCUT2D eigenvalue weighted by atomic mass is 35.5. The molecule has 15 heavy (non-hydrogen) atoms. The van der Waals surface area contributed by atoms with Crippen LogP contribution < -0.4 is 0 Å². The summed E-state index contributed by atoms with van der Waals surface area (Å²) in [6.45, 7) is 4.25. The number of nitrogens with zero attached hydrogens (tertiary/aromatic N) is 1. The zero-order chi connectivity index (χ0) is 10.8. The second-order valence-electron chi connectivity index (χ2n) is 3.58. The molecule has 0 saturated heterocycles. The largest absolute Gasteiger partial charge is 0.349 e. The first-order valence-corrected chi connectivity index (χ1v) is 6.17. The van der Waals surface area contributed by atoms with Crippen LogP contribution in [-0.4, -0.2) is 9.97 Å². The normalized spacial score (nSPS) is 13.0. The summed E-state index contributed by atoms with van der Waals surface area (Å²) < 4.78 is 0. The van der Waals surface area contributed by atoms with E-state index in [1.165, 1.54) is 16.0 Å². The van der Waals surface area contributed by atoms with Gasteiger partial charge in [-0.25, -0.2) is 4.98 Å². The number of aromatic nitrogens is 2. The lowest BCUT2D eigenvalue weighted by molar-refractivity contribution is 0.852. The molecule has 0 radical (unpaired) electrons. The number of hydrogen-bond donors (Lipinski definition) is 1. The number of rotatable bonds is 3. The molecule has 0 saturated carbocycles. The van der Waals surface area contributed by atoms with Gasteiger partial charge < -0.3 is 4.98 Å². The fourth-order valence-electron chi connectivity index (χ4n) is 1.53. The number of H-pyrrole nitrogens is 1. The fraction of sp³-hybridized carbons (Fsp3) is 0.364. The van der Waals surface area contributed by atoms with Gasteiger partial charge in [0.15, 0.2) is 0 Å². The van der Waals surface area contributed by atoms with Crippen molar-refractivity contribution in [2.24, 2.45) is 0 Å². The monoisotopic (exact) mass is 240 g/mol. The summed E-state index contributed by atoms with van der Waals surface area (Å²) >= 11 is 8.12. The molecule has 0 spiro atoms. The Morgan fingerprint density at radius 3 is 2.87 bits per heavy atom. The smallest absolute Gasteiger partial charge is 0.107 e. The number of imidazole rings is 1.